The number of aromatic nitrogens is 1. The fourth-order valence-electron chi connectivity index (χ4n) is 3.59. The Kier molecular flexibility index (Phi) is 6.42. The molecular weight excluding hydrogens is 312 g/mol. The number of pyridine rings is 1. The molecule has 3 rings (SSSR count). The molecule has 2 aromatic rings. The number of hydrogen-bond acceptors (Lipinski definition) is 4. The maximum atomic E-state index is 9.40. The van der Waals surface area contributed by atoms with E-state index in [2.05, 4.69) is 28.9 Å². The van der Waals surface area contributed by atoms with Gasteiger partial charge >= 0.3 is 0 Å². The van der Waals surface area contributed by atoms with Gasteiger partial charge in [-0.25, -0.2) is 0 Å². The minimum absolute atomic E-state index is 0.218. The van der Waals surface area contributed by atoms with Gasteiger partial charge in [0.2, 0.25) is 0 Å². The van der Waals surface area contributed by atoms with Crippen molar-refractivity contribution in [3.63, 3.8) is 0 Å². The van der Waals surface area contributed by atoms with Crippen LogP contribution in [-0.2, 0) is 13.2 Å². The van der Waals surface area contributed by atoms with Crippen LogP contribution in [0.1, 0.15) is 37.4 Å². The van der Waals surface area contributed by atoms with Crippen LogP contribution in [-0.4, -0.2) is 34.2 Å². The normalized spacial score (nSPS) is 20.1. The minimum Gasteiger partial charge on any atom is -0.487 e. The average molecular weight is 340 g/mol. The summed E-state index contributed by atoms with van der Waals surface area (Å²) < 4.78 is 5.80. The first-order valence-electron chi connectivity index (χ1n) is 9.21. The van der Waals surface area contributed by atoms with E-state index >= 15 is 0 Å². The van der Waals surface area contributed by atoms with Crippen molar-refractivity contribution in [1.82, 2.24) is 9.88 Å². The molecule has 0 spiro atoms. The quantitative estimate of drug-likeness (QED) is 0.797. The lowest BCUT2D eigenvalue weighted by Crippen LogP contribution is -2.35. The largest absolute Gasteiger partial charge is 0.487 e. The second-order valence-corrected chi connectivity index (χ2v) is 7.02. The highest BCUT2D eigenvalue weighted by Crippen LogP contribution is 2.29. The third-order valence-electron chi connectivity index (χ3n) is 4.99. The molecule has 1 saturated carbocycles. The van der Waals surface area contributed by atoms with Crippen molar-refractivity contribution in [2.75, 3.05) is 13.2 Å². The third-order valence-corrected chi connectivity index (χ3v) is 4.99. The Balaban J connectivity index is 1.55. The summed E-state index contributed by atoms with van der Waals surface area (Å²) in [6.45, 7) is 4.66. The van der Waals surface area contributed by atoms with Crippen LogP contribution in [0.4, 0.5) is 0 Å². The van der Waals surface area contributed by atoms with Crippen LogP contribution in [0.15, 0.2) is 48.7 Å². The van der Waals surface area contributed by atoms with E-state index in [1.807, 2.05) is 30.3 Å². The lowest BCUT2D eigenvalue weighted by atomic mass is 10.1. The second kappa shape index (κ2) is 8.97. The van der Waals surface area contributed by atoms with E-state index in [4.69, 9.17) is 4.74 Å². The highest BCUT2D eigenvalue weighted by molar-refractivity contribution is 5.27. The molecule has 1 fully saturated rings. The van der Waals surface area contributed by atoms with Crippen molar-refractivity contribution in [3.8, 4) is 5.75 Å². The molecule has 0 saturated heterocycles. The van der Waals surface area contributed by atoms with Gasteiger partial charge in [-0.1, -0.05) is 25.1 Å². The lowest BCUT2D eigenvalue weighted by Gasteiger charge is -2.28. The molecule has 1 N–H and O–H groups in total. The zero-order valence-electron chi connectivity index (χ0n) is 15.0. The molecule has 0 radical (unpaired) electrons. The smallest absolute Gasteiger partial charge is 0.130 e. The molecule has 4 heteroatoms. The third kappa shape index (κ3) is 5.28. The molecule has 1 aromatic carbocycles. The first-order chi connectivity index (χ1) is 12.2. The van der Waals surface area contributed by atoms with E-state index in [9.17, 15) is 5.11 Å². The standard InChI is InChI=1S/C21H28N2O2/c1-17-5-8-20(14-17)23(12-13-24)15-18-6-9-21(10-7-18)25-16-19-4-2-3-11-22-19/h2-4,6-7,9-11,17,20,24H,5,8,12-16H2,1H3/t17-,20-/m0/s1. The Labute approximate surface area is 150 Å². The Morgan fingerprint density at radius 2 is 2.00 bits per heavy atom. The van der Waals surface area contributed by atoms with Crippen molar-refractivity contribution in [2.24, 2.45) is 5.92 Å². The van der Waals surface area contributed by atoms with Crippen LogP contribution in [0.25, 0.3) is 0 Å². The maximum Gasteiger partial charge on any atom is 0.130 e. The summed E-state index contributed by atoms with van der Waals surface area (Å²) in [5.41, 5.74) is 2.19. The summed E-state index contributed by atoms with van der Waals surface area (Å²) in [7, 11) is 0. The van der Waals surface area contributed by atoms with Gasteiger partial charge in [0, 0.05) is 25.3 Å². The molecule has 1 aliphatic carbocycles. The monoisotopic (exact) mass is 340 g/mol. The zero-order valence-corrected chi connectivity index (χ0v) is 15.0. The number of benzene rings is 1. The van der Waals surface area contributed by atoms with E-state index in [1.54, 1.807) is 6.20 Å². The van der Waals surface area contributed by atoms with Gasteiger partial charge in [-0.05, 0) is 55.0 Å². The highest BCUT2D eigenvalue weighted by Gasteiger charge is 2.26. The van der Waals surface area contributed by atoms with Gasteiger partial charge in [0.15, 0.2) is 0 Å². The SMILES string of the molecule is C[C@H]1CC[C@H](N(CCO)Cc2ccc(OCc3ccccn3)cc2)C1. The number of ether oxygens (including phenoxy) is 1. The van der Waals surface area contributed by atoms with Crippen molar-refractivity contribution < 1.29 is 9.84 Å². The Morgan fingerprint density at radius 1 is 1.16 bits per heavy atom. The molecule has 1 aliphatic rings. The molecule has 0 amide bonds. The lowest BCUT2D eigenvalue weighted by molar-refractivity contribution is 0.143. The molecule has 1 aromatic heterocycles. The number of aliphatic hydroxyl groups is 1. The van der Waals surface area contributed by atoms with E-state index < -0.39 is 0 Å². The Bertz CT molecular complexity index is 630. The van der Waals surface area contributed by atoms with Crippen molar-refractivity contribution in [2.45, 2.75) is 45.4 Å². The van der Waals surface area contributed by atoms with E-state index in [0.717, 1.165) is 30.5 Å². The molecule has 1 heterocycles. The topological polar surface area (TPSA) is 45.6 Å². The van der Waals surface area contributed by atoms with Crippen LogP contribution in [0.3, 0.4) is 0 Å². The molecule has 134 valence electrons. The van der Waals surface area contributed by atoms with Gasteiger partial charge in [-0.2, -0.15) is 0 Å². The fourth-order valence-corrected chi connectivity index (χ4v) is 3.59. The summed E-state index contributed by atoms with van der Waals surface area (Å²) in [5.74, 6) is 1.66. The van der Waals surface area contributed by atoms with Gasteiger partial charge in [-0.15, -0.1) is 0 Å². The Morgan fingerprint density at radius 3 is 2.64 bits per heavy atom. The van der Waals surface area contributed by atoms with E-state index in [1.165, 1.54) is 24.8 Å². The van der Waals surface area contributed by atoms with Gasteiger partial charge in [0.25, 0.3) is 0 Å². The van der Waals surface area contributed by atoms with Crippen LogP contribution in [0, 0.1) is 5.92 Å². The van der Waals surface area contributed by atoms with Crippen LogP contribution >= 0.6 is 0 Å². The zero-order chi connectivity index (χ0) is 17.5. The molecular formula is C21H28N2O2. The average Bonchev–Trinajstić information content (AvgIpc) is 3.08. The first kappa shape index (κ1) is 17.9. The molecule has 2 atom stereocenters. The molecule has 0 aliphatic heterocycles. The summed E-state index contributed by atoms with van der Waals surface area (Å²) >= 11 is 0. The summed E-state index contributed by atoms with van der Waals surface area (Å²) in [6, 6.07) is 14.7. The number of nitrogens with zero attached hydrogens (tertiary/aromatic N) is 2. The van der Waals surface area contributed by atoms with Crippen molar-refractivity contribution >= 4 is 0 Å². The summed E-state index contributed by atoms with van der Waals surface area (Å²) in [6.07, 6.45) is 5.56. The van der Waals surface area contributed by atoms with Crippen LogP contribution in [0.2, 0.25) is 0 Å². The highest BCUT2D eigenvalue weighted by atomic mass is 16.5. The van der Waals surface area contributed by atoms with E-state index in [0.29, 0.717) is 12.6 Å². The maximum absolute atomic E-state index is 9.40. The minimum atomic E-state index is 0.218. The van der Waals surface area contributed by atoms with Crippen molar-refractivity contribution in [3.05, 3.63) is 59.9 Å². The second-order valence-electron chi connectivity index (χ2n) is 7.02. The predicted molar refractivity (Wildman–Crippen MR) is 99.3 cm³/mol. The first-order valence-corrected chi connectivity index (χ1v) is 9.21. The molecule has 4 nitrogen and oxygen atoms in total. The van der Waals surface area contributed by atoms with Gasteiger partial charge in [-0.3, -0.25) is 9.88 Å². The molecule has 0 bridgehead atoms. The van der Waals surface area contributed by atoms with Crippen LogP contribution < -0.4 is 4.74 Å². The molecule has 0 unspecified atom stereocenters. The Hall–Kier alpha value is -1.91. The number of aliphatic hydroxyl groups excluding tert-OH is 1. The fraction of sp³-hybridized carbons (Fsp3) is 0.476. The summed E-state index contributed by atoms with van der Waals surface area (Å²) in [4.78, 5) is 6.69. The van der Waals surface area contributed by atoms with Crippen LogP contribution in [0.5, 0.6) is 5.75 Å². The van der Waals surface area contributed by atoms with Gasteiger partial charge in [0.1, 0.15) is 12.4 Å². The molecule has 25 heavy (non-hydrogen) atoms. The summed E-state index contributed by atoms with van der Waals surface area (Å²) in [5, 5.41) is 9.40. The van der Waals surface area contributed by atoms with E-state index in [-0.39, 0.29) is 6.61 Å². The van der Waals surface area contributed by atoms with Gasteiger partial charge < -0.3 is 9.84 Å². The number of hydrogen-bond donors (Lipinski definition) is 1. The number of rotatable bonds is 8. The van der Waals surface area contributed by atoms with Gasteiger partial charge in [0.05, 0.1) is 12.3 Å². The predicted octanol–water partition coefficient (Wildman–Crippen LogP) is 3.64. The van der Waals surface area contributed by atoms with Crippen molar-refractivity contribution in [1.29, 1.82) is 0 Å².